The van der Waals surface area contributed by atoms with Crippen LogP contribution >= 0.6 is 0 Å². The molecule has 5 nitrogen and oxygen atoms in total. The molecule has 0 fully saturated rings. The second-order valence-corrected chi connectivity index (χ2v) is 18.5. The highest BCUT2D eigenvalue weighted by molar-refractivity contribution is 5.76. The van der Waals surface area contributed by atoms with Crippen LogP contribution in [0.5, 0.6) is 0 Å². The van der Waals surface area contributed by atoms with Gasteiger partial charge in [-0.3, -0.25) is 4.79 Å². The first kappa shape index (κ1) is 58.6. The lowest BCUT2D eigenvalue weighted by molar-refractivity contribution is -0.124. The van der Waals surface area contributed by atoms with Crippen LogP contribution in [0.15, 0.2) is 36.5 Å². The van der Waals surface area contributed by atoms with Crippen LogP contribution < -0.4 is 5.32 Å². The second kappa shape index (κ2) is 50.2. The van der Waals surface area contributed by atoms with Crippen LogP contribution in [0.3, 0.4) is 0 Å². The maximum absolute atomic E-state index is 12.5. The molecule has 0 aliphatic rings. The van der Waals surface area contributed by atoms with Gasteiger partial charge in [-0.05, 0) is 57.8 Å². The Bertz CT molecular complexity index is 931. The predicted octanol–water partition coefficient (Wildman–Crippen LogP) is 16.3. The van der Waals surface area contributed by atoms with Gasteiger partial charge < -0.3 is 20.6 Å². The number of carbonyl (C=O) groups is 1. The molecule has 1 amide bonds. The van der Waals surface area contributed by atoms with Crippen LogP contribution in [-0.2, 0) is 4.79 Å². The Balaban J connectivity index is 3.55. The molecule has 0 aromatic carbocycles. The third-order valence-electron chi connectivity index (χ3n) is 12.4. The molecular weight excluding hydrogens is 739 g/mol. The van der Waals surface area contributed by atoms with Gasteiger partial charge in [0.15, 0.2) is 0 Å². The molecule has 4 N–H and O–H groups in total. The number of unbranched alkanes of at least 4 members (excludes halogenated alkanes) is 36. The van der Waals surface area contributed by atoms with E-state index in [4.69, 9.17) is 0 Å². The SMILES string of the molecule is CCCCCCCCCCC/C=C/CC/C=C/C(O)C(CO)NC(=O)CC(O)CCCCCCCCCCCCCCCC/C=C\CCCCCCCCCCCCCC. The highest BCUT2D eigenvalue weighted by atomic mass is 16.3. The number of carbonyl (C=O) groups excluding carboxylic acids is 1. The average molecular weight is 844 g/mol. The Hall–Kier alpha value is -1.43. The molecule has 0 bridgehead atoms. The molecule has 0 rings (SSSR count). The molecule has 0 aliphatic heterocycles. The van der Waals surface area contributed by atoms with Gasteiger partial charge in [-0.1, -0.05) is 256 Å². The van der Waals surface area contributed by atoms with Gasteiger partial charge in [0, 0.05) is 0 Å². The minimum atomic E-state index is -0.951. The first-order valence-electron chi connectivity index (χ1n) is 26.8. The standard InChI is InChI=1S/C55H105NO4/c1-3-5-7-9-11-13-15-17-19-20-21-22-23-24-25-26-27-28-29-30-31-32-33-35-36-38-40-42-44-46-48-52(58)50-55(60)56-53(51-57)54(59)49-47-45-43-41-39-37-34-18-16-14-12-10-8-6-4-2/h24-25,39,41,47,49,52-54,57-59H,3-23,26-38,40,42-46,48,50-51H2,1-2H3,(H,56,60)/b25-24-,41-39+,49-47+. The fraction of sp³-hybridized carbons (Fsp3) is 0.873. The van der Waals surface area contributed by atoms with Crippen molar-refractivity contribution in [2.75, 3.05) is 6.61 Å². The average Bonchev–Trinajstić information content (AvgIpc) is 3.24. The summed E-state index contributed by atoms with van der Waals surface area (Å²) in [5, 5.41) is 33.3. The van der Waals surface area contributed by atoms with Crippen molar-refractivity contribution in [2.24, 2.45) is 0 Å². The van der Waals surface area contributed by atoms with Gasteiger partial charge in [0.2, 0.25) is 5.91 Å². The molecule has 60 heavy (non-hydrogen) atoms. The summed E-state index contributed by atoms with van der Waals surface area (Å²) in [6, 6.07) is -0.760. The van der Waals surface area contributed by atoms with Crippen molar-refractivity contribution in [3.05, 3.63) is 36.5 Å². The molecule has 0 heterocycles. The topological polar surface area (TPSA) is 89.8 Å². The lowest BCUT2D eigenvalue weighted by Crippen LogP contribution is -2.45. The van der Waals surface area contributed by atoms with Crippen LogP contribution in [0.4, 0.5) is 0 Å². The normalized spacial score (nSPS) is 13.6. The van der Waals surface area contributed by atoms with E-state index in [0.29, 0.717) is 6.42 Å². The van der Waals surface area contributed by atoms with Crippen molar-refractivity contribution in [3.63, 3.8) is 0 Å². The van der Waals surface area contributed by atoms with Crippen molar-refractivity contribution in [1.82, 2.24) is 5.32 Å². The molecule has 0 saturated heterocycles. The van der Waals surface area contributed by atoms with Crippen LogP contribution in [0.2, 0.25) is 0 Å². The number of hydrogen-bond acceptors (Lipinski definition) is 4. The highest BCUT2D eigenvalue weighted by Gasteiger charge is 2.20. The third-order valence-corrected chi connectivity index (χ3v) is 12.4. The summed E-state index contributed by atoms with van der Waals surface area (Å²) in [6.07, 6.45) is 64.7. The van der Waals surface area contributed by atoms with E-state index >= 15 is 0 Å². The third kappa shape index (κ3) is 46.1. The maximum atomic E-state index is 12.5. The highest BCUT2D eigenvalue weighted by Crippen LogP contribution is 2.17. The number of aliphatic hydroxyl groups is 3. The van der Waals surface area contributed by atoms with Gasteiger partial charge in [-0.25, -0.2) is 0 Å². The number of allylic oxidation sites excluding steroid dienone is 5. The van der Waals surface area contributed by atoms with Crippen molar-refractivity contribution >= 4 is 5.91 Å². The predicted molar refractivity (Wildman–Crippen MR) is 264 cm³/mol. The van der Waals surface area contributed by atoms with E-state index < -0.39 is 18.2 Å². The Morgan fingerprint density at radius 1 is 0.417 bits per heavy atom. The molecule has 0 aliphatic carbocycles. The van der Waals surface area contributed by atoms with Crippen molar-refractivity contribution in [3.8, 4) is 0 Å². The van der Waals surface area contributed by atoms with Gasteiger partial charge in [0.05, 0.1) is 31.3 Å². The zero-order valence-corrected chi connectivity index (χ0v) is 40.4. The smallest absolute Gasteiger partial charge is 0.222 e. The fourth-order valence-electron chi connectivity index (χ4n) is 8.29. The van der Waals surface area contributed by atoms with Gasteiger partial charge in [-0.2, -0.15) is 0 Å². The summed E-state index contributed by atoms with van der Waals surface area (Å²) < 4.78 is 0. The van der Waals surface area contributed by atoms with E-state index in [-0.39, 0.29) is 18.9 Å². The first-order valence-corrected chi connectivity index (χ1v) is 26.8. The second-order valence-electron chi connectivity index (χ2n) is 18.5. The van der Waals surface area contributed by atoms with E-state index in [2.05, 4.69) is 43.5 Å². The number of amides is 1. The number of hydrogen-bond donors (Lipinski definition) is 4. The van der Waals surface area contributed by atoms with Crippen LogP contribution in [0, 0.1) is 0 Å². The number of rotatable bonds is 49. The minimum absolute atomic E-state index is 0.00754. The lowest BCUT2D eigenvalue weighted by Gasteiger charge is -2.21. The monoisotopic (exact) mass is 844 g/mol. The van der Waals surface area contributed by atoms with Crippen LogP contribution in [-0.4, -0.2) is 46.1 Å². The van der Waals surface area contributed by atoms with Crippen molar-refractivity contribution in [2.45, 2.75) is 302 Å². The maximum Gasteiger partial charge on any atom is 0.222 e. The van der Waals surface area contributed by atoms with Gasteiger partial charge in [-0.15, -0.1) is 0 Å². The van der Waals surface area contributed by atoms with Crippen LogP contribution in [0.25, 0.3) is 0 Å². The van der Waals surface area contributed by atoms with E-state index in [9.17, 15) is 20.1 Å². The molecule has 0 radical (unpaired) electrons. The lowest BCUT2D eigenvalue weighted by atomic mass is 10.0. The molecule has 5 heteroatoms. The van der Waals surface area contributed by atoms with Crippen molar-refractivity contribution in [1.29, 1.82) is 0 Å². The molecule has 3 unspecified atom stereocenters. The summed E-state index contributed by atoms with van der Waals surface area (Å²) in [4.78, 5) is 12.5. The van der Waals surface area contributed by atoms with Gasteiger partial charge >= 0.3 is 0 Å². The molecule has 0 saturated carbocycles. The zero-order chi connectivity index (χ0) is 43.7. The van der Waals surface area contributed by atoms with E-state index in [1.54, 1.807) is 6.08 Å². The minimum Gasteiger partial charge on any atom is -0.394 e. The molecule has 0 spiro atoms. The fourth-order valence-corrected chi connectivity index (χ4v) is 8.29. The Morgan fingerprint density at radius 2 is 0.717 bits per heavy atom. The number of nitrogens with one attached hydrogen (secondary N) is 1. The Kier molecular flexibility index (Phi) is 49.0. The molecule has 354 valence electrons. The van der Waals surface area contributed by atoms with E-state index in [1.165, 1.54) is 225 Å². The largest absolute Gasteiger partial charge is 0.394 e. The van der Waals surface area contributed by atoms with E-state index in [0.717, 1.165) is 32.1 Å². The quantitative estimate of drug-likeness (QED) is 0.0363. The Labute approximate surface area is 374 Å². The molecule has 0 aromatic rings. The molecular formula is C55H105NO4. The van der Waals surface area contributed by atoms with E-state index in [1.807, 2.05) is 6.08 Å². The summed E-state index contributed by atoms with van der Waals surface area (Å²) in [7, 11) is 0. The van der Waals surface area contributed by atoms with Crippen molar-refractivity contribution < 1.29 is 20.1 Å². The summed E-state index contributed by atoms with van der Waals surface area (Å²) in [5.41, 5.74) is 0. The first-order chi connectivity index (χ1) is 29.5. The number of aliphatic hydroxyl groups excluding tert-OH is 3. The summed E-state index contributed by atoms with van der Waals surface area (Å²) in [6.45, 7) is 4.22. The van der Waals surface area contributed by atoms with Gasteiger partial charge in [0.25, 0.3) is 0 Å². The molecule has 3 atom stereocenters. The molecule has 0 aromatic heterocycles. The van der Waals surface area contributed by atoms with Gasteiger partial charge in [0.1, 0.15) is 0 Å². The summed E-state index contributed by atoms with van der Waals surface area (Å²) in [5.74, 6) is -0.323. The van der Waals surface area contributed by atoms with Crippen LogP contribution in [0.1, 0.15) is 284 Å². The zero-order valence-electron chi connectivity index (χ0n) is 40.4. The Morgan fingerprint density at radius 3 is 1.07 bits per heavy atom. The summed E-state index contributed by atoms with van der Waals surface area (Å²) >= 11 is 0.